The van der Waals surface area contributed by atoms with Gasteiger partial charge in [-0.05, 0) is 60.0 Å². The van der Waals surface area contributed by atoms with Gasteiger partial charge in [0.25, 0.3) is 0 Å². The first-order valence-corrected chi connectivity index (χ1v) is 7.05. The molecule has 1 aromatic carbocycles. The smallest absolute Gasteiger partial charge is 0.227 e. The first kappa shape index (κ1) is 12.8. The van der Waals surface area contributed by atoms with E-state index in [4.69, 9.17) is 5.73 Å². The van der Waals surface area contributed by atoms with Crippen molar-refractivity contribution in [2.24, 2.45) is 17.6 Å². The molecule has 2 rings (SSSR count). The summed E-state index contributed by atoms with van der Waals surface area (Å²) in [6, 6.07) is 7.83. The van der Waals surface area contributed by atoms with Gasteiger partial charge < -0.3 is 11.1 Å². The van der Waals surface area contributed by atoms with Crippen LogP contribution in [0.1, 0.15) is 19.3 Å². The molecule has 1 aliphatic rings. The number of rotatable bonds is 3. The fourth-order valence-corrected chi connectivity index (χ4v) is 2.97. The summed E-state index contributed by atoms with van der Waals surface area (Å²) < 4.78 is 1.07. The van der Waals surface area contributed by atoms with Gasteiger partial charge in [-0.2, -0.15) is 0 Å². The highest BCUT2D eigenvalue weighted by atomic mass is 127. The SMILES string of the molecule is NCC1CCCC1C(=O)Nc1ccccc1I. The minimum atomic E-state index is 0.0935. The van der Waals surface area contributed by atoms with Crippen molar-refractivity contribution in [1.29, 1.82) is 0 Å². The van der Waals surface area contributed by atoms with E-state index in [1.54, 1.807) is 0 Å². The lowest BCUT2D eigenvalue weighted by Gasteiger charge is -2.17. The standard InChI is InChI=1S/C13H17IN2O/c14-11-6-1-2-7-12(11)16-13(17)10-5-3-4-9(10)8-15/h1-2,6-7,9-10H,3-5,8,15H2,(H,16,17). The molecule has 2 unspecified atom stereocenters. The zero-order chi connectivity index (χ0) is 12.3. The van der Waals surface area contributed by atoms with Crippen LogP contribution in [0, 0.1) is 15.4 Å². The molecule has 1 fully saturated rings. The van der Waals surface area contributed by atoms with E-state index in [2.05, 4.69) is 27.9 Å². The molecule has 0 heterocycles. The summed E-state index contributed by atoms with van der Waals surface area (Å²) in [4.78, 5) is 12.2. The fourth-order valence-electron chi connectivity index (χ4n) is 2.45. The maximum Gasteiger partial charge on any atom is 0.227 e. The van der Waals surface area contributed by atoms with Crippen molar-refractivity contribution >= 4 is 34.2 Å². The molecule has 2 atom stereocenters. The van der Waals surface area contributed by atoms with E-state index >= 15 is 0 Å². The summed E-state index contributed by atoms with van der Waals surface area (Å²) in [6.07, 6.45) is 3.17. The Morgan fingerprint density at radius 3 is 2.88 bits per heavy atom. The molecule has 0 aromatic heterocycles. The Hall–Kier alpha value is -0.620. The van der Waals surface area contributed by atoms with Gasteiger partial charge in [-0.3, -0.25) is 4.79 Å². The van der Waals surface area contributed by atoms with Gasteiger partial charge in [-0.25, -0.2) is 0 Å². The zero-order valence-electron chi connectivity index (χ0n) is 9.66. The van der Waals surface area contributed by atoms with Crippen LogP contribution in [0.3, 0.4) is 0 Å². The van der Waals surface area contributed by atoms with E-state index in [0.29, 0.717) is 12.5 Å². The first-order valence-electron chi connectivity index (χ1n) is 5.98. The maximum atomic E-state index is 12.2. The number of carbonyl (C=O) groups excluding carboxylic acids is 1. The zero-order valence-corrected chi connectivity index (χ0v) is 11.8. The van der Waals surface area contributed by atoms with E-state index in [-0.39, 0.29) is 11.8 Å². The fraction of sp³-hybridized carbons (Fsp3) is 0.462. The molecule has 1 amide bonds. The van der Waals surface area contributed by atoms with E-state index in [1.165, 1.54) is 0 Å². The molecular formula is C13H17IN2O. The van der Waals surface area contributed by atoms with Crippen LogP contribution < -0.4 is 11.1 Å². The van der Waals surface area contributed by atoms with Crippen molar-refractivity contribution in [3.8, 4) is 0 Å². The lowest BCUT2D eigenvalue weighted by atomic mass is 9.95. The molecule has 0 spiro atoms. The minimum absolute atomic E-state index is 0.0935. The van der Waals surface area contributed by atoms with Gasteiger partial charge in [0.2, 0.25) is 5.91 Å². The Morgan fingerprint density at radius 2 is 2.18 bits per heavy atom. The Bertz CT molecular complexity index is 408. The monoisotopic (exact) mass is 344 g/mol. The van der Waals surface area contributed by atoms with Crippen molar-refractivity contribution in [1.82, 2.24) is 0 Å². The van der Waals surface area contributed by atoms with Gasteiger partial charge in [0, 0.05) is 9.49 Å². The van der Waals surface area contributed by atoms with Crippen molar-refractivity contribution < 1.29 is 4.79 Å². The number of hydrogen-bond acceptors (Lipinski definition) is 2. The normalized spacial score (nSPS) is 23.6. The van der Waals surface area contributed by atoms with E-state index in [1.807, 2.05) is 24.3 Å². The number of para-hydroxylation sites is 1. The predicted molar refractivity (Wildman–Crippen MR) is 77.7 cm³/mol. The number of nitrogens with two attached hydrogens (primary N) is 1. The highest BCUT2D eigenvalue weighted by Gasteiger charge is 2.31. The third-order valence-corrected chi connectivity index (χ3v) is 4.37. The average molecular weight is 344 g/mol. The Kier molecular flexibility index (Phi) is 4.39. The van der Waals surface area contributed by atoms with Crippen LogP contribution in [0.2, 0.25) is 0 Å². The molecule has 3 N–H and O–H groups in total. The average Bonchev–Trinajstić information content (AvgIpc) is 2.80. The topological polar surface area (TPSA) is 55.1 Å². The third kappa shape index (κ3) is 2.98. The molecule has 1 aliphatic carbocycles. The van der Waals surface area contributed by atoms with Crippen LogP contribution in [-0.4, -0.2) is 12.5 Å². The van der Waals surface area contributed by atoms with Gasteiger partial charge in [0.05, 0.1) is 5.69 Å². The Labute approximate surface area is 115 Å². The van der Waals surface area contributed by atoms with E-state index in [9.17, 15) is 4.79 Å². The second-order valence-corrected chi connectivity index (χ2v) is 5.66. The summed E-state index contributed by atoms with van der Waals surface area (Å²) in [5.74, 6) is 0.578. The molecule has 17 heavy (non-hydrogen) atoms. The highest BCUT2D eigenvalue weighted by molar-refractivity contribution is 14.1. The van der Waals surface area contributed by atoms with Crippen molar-refractivity contribution in [3.63, 3.8) is 0 Å². The maximum absolute atomic E-state index is 12.2. The van der Waals surface area contributed by atoms with E-state index in [0.717, 1.165) is 28.5 Å². The predicted octanol–water partition coefficient (Wildman–Crippen LogP) is 2.60. The Balaban J connectivity index is 2.04. The molecule has 3 nitrogen and oxygen atoms in total. The molecule has 0 saturated heterocycles. The lowest BCUT2D eigenvalue weighted by molar-refractivity contribution is -0.120. The van der Waals surface area contributed by atoms with Gasteiger partial charge in [0.15, 0.2) is 0 Å². The first-order chi connectivity index (χ1) is 8.22. The number of hydrogen-bond donors (Lipinski definition) is 2. The Morgan fingerprint density at radius 1 is 1.41 bits per heavy atom. The van der Waals surface area contributed by atoms with Crippen LogP contribution in [0.4, 0.5) is 5.69 Å². The summed E-state index contributed by atoms with van der Waals surface area (Å²) >= 11 is 2.23. The highest BCUT2D eigenvalue weighted by Crippen LogP contribution is 2.32. The van der Waals surface area contributed by atoms with Crippen LogP contribution in [0.25, 0.3) is 0 Å². The molecule has 4 heteroatoms. The summed E-state index contributed by atoms with van der Waals surface area (Å²) in [5.41, 5.74) is 6.61. The van der Waals surface area contributed by atoms with Gasteiger partial charge in [-0.15, -0.1) is 0 Å². The van der Waals surface area contributed by atoms with Crippen LogP contribution in [-0.2, 0) is 4.79 Å². The molecule has 1 saturated carbocycles. The summed E-state index contributed by atoms with van der Waals surface area (Å²) in [7, 11) is 0. The van der Waals surface area contributed by atoms with Gasteiger partial charge in [0.1, 0.15) is 0 Å². The molecule has 92 valence electrons. The second-order valence-electron chi connectivity index (χ2n) is 4.50. The number of benzene rings is 1. The third-order valence-electron chi connectivity index (χ3n) is 3.43. The molecule has 0 radical (unpaired) electrons. The number of carbonyl (C=O) groups is 1. The number of halogens is 1. The number of amides is 1. The number of nitrogens with one attached hydrogen (secondary N) is 1. The second kappa shape index (κ2) is 5.82. The molecule has 0 aliphatic heterocycles. The van der Waals surface area contributed by atoms with Gasteiger partial charge in [-0.1, -0.05) is 18.6 Å². The van der Waals surface area contributed by atoms with Crippen molar-refractivity contribution in [3.05, 3.63) is 27.8 Å². The van der Waals surface area contributed by atoms with Crippen LogP contribution in [0.15, 0.2) is 24.3 Å². The summed E-state index contributed by atoms with van der Waals surface area (Å²) in [5, 5.41) is 3.01. The lowest BCUT2D eigenvalue weighted by Crippen LogP contribution is -2.29. The number of anilines is 1. The van der Waals surface area contributed by atoms with Crippen LogP contribution >= 0.6 is 22.6 Å². The van der Waals surface area contributed by atoms with Gasteiger partial charge >= 0.3 is 0 Å². The quantitative estimate of drug-likeness (QED) is 0.829. The molecular weight excluding hydrogens is 327 g/mol. The van der Waals surface area contributed by atoms with Crippen molar-refractivity contribution in [2.45, 2.75) is 19.3 Å². The van der Waals surface area contributed by atoms with Crippen LogP contribution in [0.5, 0.6) is 0 Å². The molecule has 0 bridgehead atoms. The summed E-state index contributed by atoms with van der Waals surface area (Å²) in [6.45, 7) is 0.615. The minimum Gasteiger partial charge on any atom is -0.330 e. The van der Waals surface area contributed by atoms with E-state index < -0.39 is 0 Å². The largest absolute Gasteiger partial charge is 0.330 e. The molecule has 1 aromatic rings. The van der Waals surface area contributed by atoms with Crippen molar-refractivity contribution in [2.75, 3.05) is 11.9 Å².